The summed E-state index contributed by atoms with van der Waals surface area (Å²) in [4.78, 5) is 34.4. The molecule has 11 heteroatoms. The summed E-state index contributed by atoms with van der Waals surface area (Å²) in [6, 6.07) is 0. The number of aliphatic hydroxyl groups excluding tert-OH is 2. The number of allylic oxidation sites excluding steroid dienone is 14. The fourth-order valence-electron chi connectivity index (χ4n) is 4.96. The van der Waals surface area contributed by atoms with Crippen LogP contribution < -0.4 is 0 Å². The van der Waals surface area contributed by atoms with Crippen molar-refractivity contribution in [3.63, 3.8) is 0 Å². The number of rotatable bonds is 37. The van der Waals surface area contributed by atoms with Crippen molar-refractivity contribution in [1.29, 1.82) is 0 Å². The van der Waals surface area contributed by atoms with Crippen LogP contribution in [0.1, 0.15) is 142 Å². The molecular weight excluding hydrogens is 719 g/mol. The van der Waals surface area contributed by atoms with Crippen LogP contribution in [0.4, 0.5) is 0 Å². The van der Waals surface area contributed by atoms with Crippen LogP contribution in [-0.2, 0) is 32.7 Å². The Hall–Kier alpha value is -2.85. The van der Waals surface area contributed by atoms with Gasteiger partial charge in [0.25, 0.3) is 0 Å². The lowest BCUT2D eigenvalue weighted by Gasteiger charge is -2.20. The lowest BCUT2D eigenvalue weighted by Crippen LogP contribution is -2.28. The van der Waals surface area contributed by atoms with E-state index in [-0.39, 0.29) is 12.8 Å². The minimum atomic E-state index is -4.66. The van der Waals surface area contributed by atoms with Crippen LogP contribution in [0, 0.1) is 0 Å². The van der Waals surface area contributed by atoms with Gasteiger partial charge >= 0.3 is 19.8 Å². The van der Waals surface area contributed by atoms with E-state index >= 15 is 0 Å². The van der Waals surface area contributed by atoms with Crippen molar-refractivity contribution in [3.8, 4) is 0 Å². The third-order valence-electron chi connectivity index (χ3n) is 8.11. The van der Waals surface area contributed by atoms with E-state index in [4.69, 9.17) is 18.5 Å². The first kappa shape index (κ1) is 52.2. The van der Waals surface area contributed by atoms with Crippen molar-refractivity contribution in [2.75, 3.05) is 26.4 Å². The first-order chi connectivity index (χ1) is 26.8. The Morgan fingerprint density at radius 1 is 0.509 bits per heavy atom. The van der Waals surface area contributed by atoms with Crippen LogP contribution in [0.5, 0.6) is 0 Å². The lowest BCUT2D eigenvalue weighted by atomic mass is 10.1. The van der Waals surface area contributed by atoms with E-state index in [1.54, 1.807) is 0 Å². The summed E-state index contributed by atoms with van der Waals surface area (Å²) in [6.07, 6.45) is 45.7. The summed E-state index contributed by atoms with van der Waals surface area (Å²) in [5.41, 5.74) is 0. The monoisotopic (exact) mass is 792 g/mol. The van der Waals surface area contributed by atoms with E-state index in [0.29, 0.717) is 12.8 Å². The van der Waals surface area contributed by atoms with Crippen LogP contribution in [0.25, 0.3) is 0 Å². The molecule has 0 bridgehead atoms. The molecule has 0 aromatic heterocycles. The standard InChI is InChI=1S/C44H73O10P/c1-3-5-7-9-11-13-15-17-18-19-20-21-22-24-26-28-30-32-34-36-44(48)54-42(38-46)40-52-55(49,50)51-39-41(37-45)53-43(47)35-33-31-29-27-25-23-16-14-12-10-8-6-4-2/h6,8,11-14,17-18,20-21,23,25,29,31,41-42,45-46H,3-5,7,9-10,15-16,19,22,24,26-28,30,32-40H2,1-2H3,(H,49,50)/b8-6-,13-11-,14-12-,18-17-,21-20-,25-23-,31-29-. The van der Waals surface area contributed by atoms with Crippen molar-refractivity contribution < 1.29 is 47.8 Å². The number of esters is 2. The number of hydrogen-bond acceptors (Lipinski definition) is 9. The summed E-state index contributed by atoms with van der Waals surface area (Å²) in [7, 11) is -4.66. The maximum absolute atomic E-state index is 12.3. The molecule has 0 aliphatic carbocycles. The van der Waals surface area contributed by atoms with E-state index in [2.05, 4.69) is 80.7 Å². The molecule has 3 unspecified atom stereocenters. The van der Waals surface area contributed by atoms with Gasteiger partial charge in [0.1, 0.15) is 12.2 Å². The number of carbonyl (C=O) groups excluding carboxylic acids is 2. The third-order valence-corrected chi connectivity index (χ3v) is 9.06. The van der Waals surface area contributed by atoms with E-state index in [0.717, 1.165) is 77.0 Å². The molecule has 0 rings (SSSR count). The van der Waals surface area contributed by atoms with Gasteiger partial charge in [-0.2, -0.15) is 0 Å². The summed E-state index contributed by atoms with van der Waals surface area (Å²) in [5, 5.41) is 19.1. The second kappa shape index (κ2) is 39.4. The average Bonchev–Trinajstić information content (AvgIpc) is 3.17. The van der Waals surface area contributed by atoms with Crippen molar-refractivity contribution in [1.82, 2.24) is 0 Å². The number of phosphoric ester groups is 1. The number of ether oxygens (including phenoxy) is 2. The zero-order valence-corrected chi connectivity index (χ0v) is 34.7. The maximum Gasteiger partial charge on any atom is 0.472 e. The van der Waals surface area contributed by atoms with Gasteiger partial charge in [0.2, 0.25) is 0 Å². The Bertz CT molecular complexity index is 1190. The van der Waals surface area contributed by atoms with Gasteiger partial charge in [0.05, 0.1) is 26.4 Å². The van der Waals surface area contributed by atoms with Gasteiger partial charge in [-0.3, -0.25) is 18.6 Å². The van der Waals surface area contributed by atoms with E-state index < -0.39 is 58.4 Å². The fourth-order valence-corrected chi connectivity index (χ4v) is 5.74. The highest BCUT2D eigenvalue weighted by Gasteiger charge is 2.27. The van der Waals surface area contributed by atoms with Gasteiger partial charge in [0.15, 0.2) is 0 Å². The van der Waals surface area contributed by atoms with E-state index in [1.165, 1.54) is 25.7 Å². The minimum absolute atomic E-state index is 0.0654. The quantitative estimate of drug-likeness (QED) is 0.0240. The molecule has 0 aliphatic rings. The predicted octanol–water partition coefficient (Wildman–Crippen LogP) is 10.7. The Morgan fingerprint density at radius 2 is 0.891 bits per heavy atom. The molecule has 0 heterocycles. The van der Waals surface area contributed by atoms with Crippen LogP contribution >= 0.6 is 7.82 Å². The molecule has 55 heavy (non-hydrogen) atoms. The second-order valence-electron chi connectivity index (χ2n) is 13.2. The first-order valence-corrected chi connectivity index (χ1v) is 22.0. The number of carbonyl (C=O) groups is 2. The zero-order chi connectivity index (χ0) is 40.5. The highest BCUT2D eigenvalue weighted by molar-refractivity contribution is 7.47. The molecule has 3 atom stereocenters. The number of hydrogen-bond donors (Lipinski definition) is 3. The average molecular weight is 793 g/mol. The van der Waals surface area contributed by atoms with Crippen molar-refractivity contribution in [3.05, 3.63) is 85.1 Å². The van der Waals surface area contributed by atoms with E-state index in [9.17, 15) is 29.3 Å². The Kier molecular flexibility index (Phi) is 37.3. The number of phosphoric acid groups is 1. The van der Waals surface area contributed by atoms with Crippen LogP contribution in [0.3, 0.4) is 0 Å². The minimum Gasteiger partial charge on any atom is -0.457 e. The normalized spacial score (nSPS) is 14.8. The van der Waals surface area contributed by atoms with Gasteiger partial charge in [-0.15, -0.1) is 0 Å². The third kappa shape index (κ3) is 37.8. The molecule has 0 saturated heterocycles. The summed E-state index contributed by atoms with van der Waals surface area (Å²) >= 11 is 0. The van der Waals surface area contributed by atoms with Crippen molar-refractivity contribution >= 4 is 19.8 Å². The Labute approximate surface area is 332 Å². The van der Waals surface area contributed by atoms with Crippen LogP contribution in [0.15, 0.2) is 85.1 Å². The highest BCUT2D eigenvalue weighted by atomic mass is 31.2. The Morgan fingerprint density at radius 3 is 1.35 bits per heavy atom. The van der Waals surface area contributed by atoms with Gasteiger partial charge in [0, 0.05) is 12.8 Å². The predicted molar refractivity (Wildman–Crippen MR) is 223 cm³/mol. The van der Waals surface area contributed by atoms with Crippen molar-refractivity contribution in [2.45, 2.75) is 154 Å². The molecule has 3 N–H and O–H groups in total. The molecule has 0 fully saturated rings. The number of aliphatic hydroxyl groups is 2. The molecule has 0 aromatic rings. The second-order valence-corrected chi connectivity index (χ2v) is 14.7. The van der Waals surface area contributed by atoms with Crippen molar-refractivity contribution in [2.24, 2.45) is 0 Å². The molecular formula is C44H73O10P. The summed E-state index contributed by atoms with van der Waals surface area (Å²) < 4.78 is 32.4. The first-order valence-electron chi connectivity index (χ1n) is 20.5. The molecule has 10 nitrogen and oxygen atoms in total. The van der Waals surface area contributed by atoms with Gasteiger partial charge in [-0.1, -0.05) is 137 Å². The largest absolute Gasteiger partial charge is 0.472 e. The molecule has 0 spiro atoms. The van der Waals surface area contributed by atoms with Gasteiger partial charge in [-0.25, -0.2) is 4.57 Å². The van der Waals surface area contributed by atoms with Crippen LogP contribution in [0.2, 0.25) is 0 Å². The molecule has 0 radical (unpaired) electrons. The Balaban J connectivity index is 4.05. The molecule has 314 valence electrons. The van der Waals surface area contributed by atoms with Crippen LogP contribution in [-0.4, -0.2) is 65.7 Å². The molecule has 0 aliphatic heterocycles. The highest BCUT2D eigenvalue weighted by Crippen LogP contribution is 2.43. The summed E-state index contributed by atoms with van der Waals surface area (Å²) in [5.74, 6) is -1.12. The maximum atomic E-state index is 12.3. The fraction of sp³-hybridized carbons (Fsp3) is 0.636. The molecule has 0 amide bonds. The zero-order valence-electron chi connectivity index (χ0n) is 33.9. The SMILES string of the molecule is CC/C=C\C/C=C\C/C=C\C/C=C\CCC(=O)OC(CO)COP(=O)(O)OCC(CO)OC(=O)CCCCCCCC/C=C\C/C=C\C/C=C\CCCCC. The van der Waals surface area contributed by atoms with Gasteiger partial charge < -0.3 is 24.6 Å². The molecule has 0 saturated carbocycles. The number of unbranched alkanes of at least 4 members (excludes halogenated alkanes) is 9. The summed E-state index contributed by atoms with van der Waals surface area (Å²) in [6.45, 7) is 1.94. The smallest absolute Gasteiger partial charge is 0.457 e. The topological polar surface area (TPSA) is 149 Å². The van der Waals surface area contributed by atoms with E-state index in [1.807, 2.05) is 18.2 Å². The van der Waals surface area contributed by atoms with Gasteiger partial charge in [-0.05, 0) is 77.0 Å². The lowest BCUT2D eigenvalue weighted by molar-refractivity contribution is -0.153. The molecule has 0 aromatic carbocycles.